The number of benzene rings is 2. The van der Waals surface area contributed by atoms with Crippen LogP contribution in [0, 0.1) is 5.92 Å². The molecule has 1 atom stereocenters. The molecule has 298 valence electrons. The topological polar surface area (TPSA) is 154 Å². The summed E-state index contributed by atoms with van der Waals surface area (Å²) >= 11 is 0. The van der Waals surface area contributed by atoms with Crippen LogP contribution in [0.3, 0.4) is 0 Å². The van der Waals surface area contributed by atoms with E-state index in [9.17, 15) is 19.2 Å². The standard InChI is InChI=1S/C44H44N6O8/c1-48-37-10-11-45-21-36(37)33-5-2-26(16-39(33)48)27-3-9-41(46-20-27)58-31-18-30(19-31)57-24-25-14-29(15-25)55-12-13-56-32-22-49(23-32)28-4-6-34-35(17-28)44(54)50(43(34)53)38-7-8-40(51)47-42(38)52/h2-6,9-11,16-17,20-21,25,29-32,38H,7-8,12-15,18-19,22-24H2,1H3,(H,47,51,52)/t25-,29-,30-,31-,38?. The number of nitrogens with zero attached hydrogens (tertiary/aromatic N) is 5. The highest BCUT2D eigenvalue weighted by atomic mass is 16.5. The van der Waals surface area contributed by atoms with E-state index in [-0.39, 0.29) is 48.4 Å². The Morgan fingerprint density at radius 3 is 2.31 bits per heavy atom. The number of rotatable bonds is 13. The first-order valence-corrected chi connectivity index (χ1v) is 20.2. The highest BCUT2D eigenvalue weighted by Gasteiger charge is 2.45. The molecular weight excluding hydrogens is 741 g/mol. The van der Waals surface area contributed by atoms with E-state index in [4.69, 9.17) is 18.9 Å². The summed E-state index contributed by atoms with van der Waals surface area (Å²) < 4.78 is 26.6. The van der Waals surface area contributed by atoms with Crippen LogP contribution in [-0.4, -0.2) is 106 Å². The molecule has 14 heteroatoms. The summed E-state index contributed by atoms with van der Waals surface area (Å²) in [5, 5.41) is 4.57. The van der Waals surface area contributed by atoms with Crippen molar-refractivity contribution in [1.29, 1.82) is 0 Å². The molecule has 3 aliphatic heterocycles. The summed E-state index contributed by atoms with van der Waals surface area (Å²) in [6.45, 7) is 3.12. The smallest absolute Gasteiger partial charge is 0.262 e. The molecule has 5 aliphatic rings. The van der Waals surface area contributed by atoms with Crippen molar-refractivity contribution in [2.45, 2.75) is 69.0 Å². The number of amides is 4. The van der Waals surface area contributed by atoms with Gasteiger partial charge in [0.05, 0.1) is 48.2 Å². The van der Waals surface area contributed by atoms with E-state index in [0.29, 0.717) is 38.1 Å². The van der Waals surface area contributed by atoms with Gasteiger partial charge in [-0.2, -0.15) is 0 Å². The molecule has 5 aromatic rings. The molecule has 58 heavy (non-hydrogen) atoms. The molecule has 2 aliphatic carbocycles. The molecular formula is C44H44N6O8. The summed E-state index contributed by atoms with van der Waals surface area (Å²) in [5.41, 5.74) is 5.86. The Morgan fingerprint density at radius 2 is 1.52 bits per heavy atom. The number of carbonyl (C=O) groups excluding carboxylic acids is 4. The molecule has 1 N–H and O–H groups in total. The molecule has 6 heterocycles. The lowest BCUT2D eigenvalue weighted by molar-refractivity contribution is -0.136. The number of aromatic nitrogens is 3. The highest BCUT2D eigenvalue weighted by molar-refractivity contribution is 6.23. The molecule has 2 saturated carbocycles. The molecule has 10 rings (SSSR count). The van der Waals surface area contributed by atoms with E-state index in [0.717, 1.165) is 70.4 Å². The minimum Gasteiger partial charge on any atom is -0.474 e. The van der Waals surface area contributed by atoms with Gasteiger partial charge in [-0.05, 0) is 67.1 Å². The van der Waals surface area contributed by atoms with Gasteiger partial charge in [0.2, 0.25) is 17.7 Å². The third kappa shape index (κ3) is 6.78. The average Bonchev–Trinajstić information content (AvgIpc) is 3.61. The Balaban J connectivity index is 0.593. The second-order valence-electron chi connectivity index (χ2n) is 16.1. The Hall–Kier alpha value is -5.70. The van der Waals surface area contributed by atoms with Crippen LogP contribution in [0.1, 0.15) is 59.2 Å². The minimum atomic E-state index is -0.975. The first-order chi connectivity index (χ1) is 28.3. The second-order valence-corrected chi connectivity index (χ2v) is 16.1. The molecule has 14 nitrogen and oxygen atoms in total. The fourth-order valence-electron chi connectivity index (χ4n) is 8.83. The number of fused-ring (bicyclic) bond motifs is 4. The third-order valence-electron chi connectivity index (χ3n) is 12.4. The molecule has 0 bridgehead atoms. The lowest BCUT2D eigenvalue weighted by Gasteiger charge is -2.41. The first kappa shape index (κ1) is 36.6. The maximum absolute atomic E-state index is 13.2. The van der Waals surface area contributed by atoms with Crippen LogP contribution < -0.4 is 15.0 Å². The number of nitrogens with one attached hydrogen (secondary N) is 1. The van der Waals surface area contributed by atoms with Gasteiger partial charge >= 0.3 is 0 Å². The number of imide groups is 2. The van der Waals surface area contributed by atoms with E-state index < -0.39 is 29.7 Å². The molecule has 3 aromatic heterocycles. The molecule has 1 unspecified atom stereocenters. The van der Waals surface area contributed by atoms with E-state index in [1.54, 1.807) is 12.1 Å². The van der Waals surface area contributed by atoms with Gasteiger partial charge < -0.3 is 28.4 Å². The molecule has 4 amide bonds. The number of hydrogen-bond acceptors (Lipinski definition) is 11. The molecule has 2 aromatic carbocycles. The predicted molar refractivity (Wildman–Crippen MR) is 212 cm³/mol. The zero-order chi connectivity index (χ0) is 39.5. The molecule has 4 fully saturated rings. The van der Waals surface area contributed by atoms with Crippen LogP contribution in [0.5, 0.6) is 5.88 Å². The van der Waals surface area contributed by atoms with Gasteiger partial charge in [0.25, 0.3) is 11.8 Å². The molecule has 2 saturated heterocycles. The summed E-state index contributed by atoms with van der Waals surface area (Å²) in [7, 11) is 2.09. The van der Waals surface area contributed by atoms with E-state index in [2.05, 4.69) is 56.1 Å². The van der Waals surface area contributed by atoms with Crippen LogP contribution in [-0.2, 0) is 30.8 Å². The van der Waals surface area contributed by atoms with Crippen LogP contribution in [0.25, 0.3) is 32.9 Å². The van der Waals surface area contributed by atoms with Crippen molar-refractivity contribution < 1.29 is 38.1 Å². The Bertz CT molecular complexity index is 2430. The summed E-state index contributed by atoms with van der Waals surface area (Å²) in [4.78, 5) is 62.0. The zero-order valence-electron chi connectivity index (χ0n) is 32.2. The highest BCUT2D eigenvalue weighted by Crippen LogP contribution is 2.36. The SMILES string of the molecule is Cn1c2ccncc2c2ccc(-c3ccc(O[C@H]4C[C@H](OC[C@H]5C[C@H](OCCOC6CN(c7ccc8c(c7)C(=O)N(C7CCC(=O)NC7=O)C8=O)C6)C5)C4)nc3)cc21. The molecule has 0 spiro atoms. The van der Waals surface area contributed by atoms with Crippen LogP contribution >= 0.6 is 0 Å². The Labute approximate surface area is 334 Å². The van der Waals surface area contributed by atoms with Crippen molar-refractivity contribution in [3.63, 3.8) is 0 Å². The second kappa shape index (κ2) is 14.9. The lowest BCUT2D eigenvalue weighted by atomic mass is 9.82. The summed E-state index contributed by atoms with van der Waals surface area (Å²) in [5.74, 6) is -0.871. The number of piperidine rings is 1. The van der Waals surface area contributed by atoms with E-state index in [1.165, 1.54) is 5.39 Å². The Kier molecular flexibility index (Phi) is 9.42. The van der Waals surface area contributed by atoms with Crippen molar-refractivity contribution in [1.82, 2.24) is 24.8 Å². The minimum absolute atomic E-state index is 0.0530. The van der Waals surface area contributed by atoms with Gasteiger partial charge in [-0.3, -0.25) is 34.4 Å². The fourth-order valence-corrected chi connectivity index (χ4v) is 8.83. The van der Waals surface area contributed by atoms with Crippen molar-refractivity contribution in [2.24, 2.45) is 13.0 Å². The average molecular weight is 785 g/mol. The van der Waals surface area contributed by atoms with Crippen molar-refractivity contribution >= 4 is 51.1 Å². The largest absolute Gasteiger partial charge is 0.474 e. The third-order valence-corrected chi connectivity index (χ3v) is 12.4. The van der Waals surface area contributed by atoms with E-state index >= 15 is 0 Å². The summed E-state index contributed by atoms with van der Waals surface area (Å²) in [6.07, 6.45) is 10.2. The van der Waals surface area contributed by atoms with Crippen molar-refractivity contribution in [3.8, 4) is 17.0 Å². The number of pyridine rings is 2. The van der Waals surface area contributed by atoms with E-state index in [1.807, 2.05) is 36.8 Å². The number of aryl methyl sites for hydroxylation is 1. The number of hydrogen-bond donors (Lipinski definition) is 1. The number of ether oxygens (including phenoxy) is 4. The van der Waals surface area contributed by atoms with Gasteiger partial charge in [0, 0.05) is 98.2 Å². The Morgan fingerprint density at radius 1 is 0.741 bits per heavy atom. The van der Waals surface area contributed by atoms with Crippen molar-refractivity contribution in [3.05, 3.63) is 84.3 Å². The maximum Gasteiger partial charge on any atom is 0.262 e. The lowest BCUT2D eigenvalue weighted by Crippen LogP contribution is -2.54. The fraction of sp³-hybridized carbons (Fsp3) is 0.409. The van der Waals surface area contributed by atoms with Crippen LogP contribution in [0.15, 0.2) is 73.2 Å². The van der Waals surface area contributed by atoms with Gasteiger partial charge in [0.1, 0.15) is 12.1 Å². The van der Waals surface area contributed by atoms with Gasteiger partial charge in [-0.25, -0.2) is 4.98 Å². The van der Waals surface area contributed by atoms with Crippen LogP contribution in [0.4, 0.5) is 5.69 Å². The normalized spacial score (nSPS) is 24.5. The molecule has 0 radical (unpaired) electrons. The quantitative estimate of drug-likeness (QED) is 0.129. The van der Waals surface area contributed by atoms with Crippen molar-refractivity contribution in [2.75, 3.05) is 37.8 Å². The zero-order valence-corrected chi connectivity index (χ0v) is 32.2. The van der Waals surface area contributed by atoms with Gasteiger partial charge in [-0.15, -0.1) is 0 Å². The monoisotopic (exact) mass is 784 g/mol. The maximum atomic E-state index is 13.2. The van der Waals surface area contributed by atoms with Gasteiger partial charge in [0.15, 0.2) is 0 Å². The van der Waals surface area contributed by atoms with Crippen LogP contribution in [0.2, 0.25) is 0 Å². The predicted octanol–water partition coefficient (Wildman–Crippen LogP) is 4.82. The summed E-state index contributed by atoms with van der Waals surface area (Å²) in [6, 6.07) is 16.7. The van der Waals surface area contributed by atoms with Gasteiger partial charge in [-0.1, -0.05) is 12.1 Å². The number of anilines is 1. The first-order valence-electron chi connectivity index (χ1n) is 20.2. The number of carbonyl (C=O) groups is 4.